The van der Waals surface area contributed by atoms with Gasteiger partial charge >= 0.3 is 0 Å². The summed E-state index contributed by atoms with van der Waals surface area (Å²) < 4.78 is 15.0. The Bertz CT molecular complexity index is 1040. The fourth-order valence-corrected chi connectivity index (χ4v) is 3.52. The first-order chi connectivity index (χ1) is 12.7. The number of halogens is 1. The molecule has 1 N–H and O–H groups in total. The molecule has 26 heavy (non-hydrogen) atoms. The molecule has 0 atom stereocenters. The van der Waals surface area contributed by atoms with Crippen LogP contribution in [0.15, 0.2) is 60.4 Å². The standard InChI is InChI=1S/C19H15FN4OS/c20-15-5-3-14(4-6-15)17-11-24-16(12-26-19(24)23-17)8-18(25)22-10-13-2-1-7-21-9-13/h1-7,9,11-12H,8,10H2,(H,22,25). The van der Waals surface area contributed by atoms with Crippen molar-refractivity contribution < 1.29 is 9.18 Å². The number of thiazole rings is 1. The van der Waals surface area contributed by atoms with E-state index in [1.807, 2.05) is 28.1 Å². The maximum Gasteiger partial charge on any atom is 0.226 e. The lowest BCUT2D eigenvalue weighted by atomic mass is 10.2. The first-order valence-electron chi connectivity index (χ1n) is 8.06. The van der Waals surface area contributed by atoms with E-state index in [1.165, 1.54) is 23.5 Å². The summed E-state index contributed by atoms with van der Waals surface area (Å²) in [6.07, 6.45) is 5.57. The predicted octanol–water partition coefficient (Wildman–Crippen LogP) is 3.46. The summed E-state index contributed by atoms with van der Waals surface area (Å²) in [6.45, 7) is 0.449. The molecule has 0 bridgehead atoms. The molecule has 0 aliphatic heterocycles. The summed E-state index contributed by atoms with van der Waals surface area (Å²) in [5.41, 5.74) is 3.43. The van der Waals surface area contributed by atoms with E-state index in [1.54, 1.807) is 24.5 Å². The number of nitrogens with one attached hydrogen (secondary N) is 1. The molecule has 130 valence electrons. The maximum absolute atomic E-state index is 13.1. The first kappa shape index (κ1) is 16.4. The minimum absolute atomic E-state index is 0.0643. The number of aromatic nitrogens is 3. The third-order valence-electron chi connectivity index (χ3n) is 3.98. The van der Waals surface area contributed by atoms with Crippen LogP contribution in [-0.2, 0) is 17.8 Å². The van der Waals surface area contributed by atoms with Gasteiger partial charge in [0.2, 0.25) is 5.91 Å². The summed E-state index contributed by atoms with van der Waals surface area (Å²) in [6, 6.07) is 9.97. The number of rotatable bonds is 5. The van der Waals surface area contributed by atoms with E-state index < -0.39 is 0 Å². The number of hydrogen-bond acceptors (Lipinski definition) is 4. The fraction of sp³-hybridized carbons (Fsp3) is 0.105. The number of carbonyl (C=O) groups is 1. The number of nitrogens with zero attached hydrogens (tertiary/aromatic N) is 3. The Hall–Kier alpha value is -3.06. The second-order valence-electron chi connectivity index (χ2n) is 5.83. The van der Waals surface area contributed by atoms with Gasteiger partial charge in [0.15, 0.2) is 4.96 Å². The van der Waals surface area contributed by atoms with Gasteiger partial charge in [-0.25, -0.2) is 9.37 Å². The average molecular weight is 366 g/mol. The molecule has 0 saturated carbocycles. The van der Waals surface area contributed by atoms with Crippen LogP contribution in [0.1, 0.15) is 11.3 Å². The quantitative estimate of drug-likeness (QED) is 0.588. The number of amides is 1. The average Bonchev–Trinajstić information content (AvgIpc) is 3.24. The number of benzene rings is 1. The van der Waals surface area contributed by atoms with Crippen LogP contribution in [0.4, 0.5) is 4.39 Å². The van der Waals surface area contributed by atoms with Crippen molar-refractivity contribution in [3.63, 3.8) is 0 Å². The zero-order valence-corrected chi connectivity index (χ0v) is 14.5. The molecular formula is C19H15FN4OS. The van der Waals surface area contributed by atoms with Crippen LogP contribution >= 0.6 is 11.3 Å². The van der Waals surface area contributed by atoms with E-state index in [2.05, 4.69) is 15.3 Å². The molecule has 0 radical (unpaired) electrons. The van der Waals surface area contributed by atoms with Crippen molar-refractivity contribution in [1.82, 2.24) is 19.7 Å². The smallest absolute Gasteiger partial charge is 0.226 e. The highest BCUT2D eigenvalue weighted by atomic mass is 32.1. The lowest BCUT2D eigenvalue weighted by molar-refractivity contribution is -0.120. The fourth-order valence-electron chi connectivity index (χ4n) is 2.65. The Morgan fingerprint density at radius 1 is 1.23 bits per heavy atom. The van der Waals surface area contributed by atoms with Crippen LogP contribution in [0.25, 0.3) is 16.2 Å². The molecule has 0 aliphatic rings. The van der Waals surface area contributed by atoms with E-state index in [0.717, 1.165) is 27.5 Å². The van der Waals surface area contributed by atoms with Gasteiger partial charge in [-0.15, -0.1) is 11.3 Å². The van der Waals surface area contributed by atoms with Gasteiger partial charge in [0.25, 0.3) is 0 Å². The van der Waals surface area contributed by atoms with E-state index in [4.69, 9.17) is 0 Å². The zero-order valence-electron chi connectivity index (χ0n) is 13.7. The highest BCUT2D eigenvalue weighted by Gasteiger charge is 2.12. The van der Waals surface area contributed by atoms with E-state index in [0.29, 0.717) is 6.54 Å². The molecule has 7 heteroatoms. The Morgan fingerprint density at radius 2 is 2.08 bits per heavy atom. The molecule has 0 spiro atoms. The monoisotopic (exact) mass is 366 g/mol. The molecule has 0 aliphatic carbocycles. The number of fused-ring (bicyclic) bond motifs is 1. The van der Waals surface area contributed by atoms with Gasteiger partial charge in [0.1, 0.15) is 5.82 Å². The van der Waals surface area contributed by atoms with Crippen molar-refractivity contribution in [3.8, 4) is 11.3 Å². The van der Waals surface area contributed by atoms with E-state index in [9.17, 15) is 9.18 Å². The van der Waals surface area contributed by atoms with Crippen LogP contribution < -0.4 is 5.32 Å². The maximum atomic E-state index is 13.1. The second-order valence-corrected chi connectivity index (χ2v) is 6.66. The molecule has 3 heterocycles. The van der Waals surface area contributed by atoms with Crippen molar-refractivity contribution in [3.05, 3.63) is 77.4 Å². The summed E-state index contributed by atoms with van der Waals surface area (Å²) in [5.74, 6) is -0.341. The third kappa shape index (κ3) is 3.48. The molecule has 0 saturated heterocycles. The summed E-state index contributed by atoms with van der Waals surface area (Å²) in [7, 11) is 0. The van der Waals surface area contributed by atoms with E-state index >= 15 is 0 Å². The van der Waals surface area contributed by atoms with Crippen molar-refractivity contribution in [2.24, 2.45) is 0 Å². The molecule has 1 amide bonds. The molecular weight excluding hydrogens is 351 g/mol. The lowest BCUT2D eigenvalue weighted by Gasteiger charge is -2.04. The van der Waals surface area contributed by atoms with Gasteiger partial charge in [0.05, 0.1) is 12.1 Å². The molecule has 3 aromatic heterocycles. The van der Waals surface area contributed by atoms with Gasteiger partial charge in [-0.2, -0.15) is 0 Å². The number of pyridine rings is 1. The molecule has 0 unspecified atom stereocenters. The molecule has 5 nitrogen and oxygen atoms in total. The molecule has 0 fully saturated rings. The highest BCUT2D eigenvalue weighted by molar-refractivity contribution is 7.15. The van der Waals surface area contributed by atoms with Gasteiger partial charge in [-0.1, -0.05) is 6.07 Å². The third-order valence-corrected chi connectivity index (χ3v) is 4.87. The minimum Gasteiger partial charge on any atom is -0.352 e. The Morgan fingerprint density at radius 3 is 2.85 bits per heavy atom. The van der Waals surface area contributed by atoms with Gasteiger partial charge < -0.3 is 5.32 Å². The summed E-state index contributed by atoms with van der Waals surface area (Å²) in [4.78, 5) is 21.6. The number of imidazole rings is 1. The minimum atomic E-state index is -0.277. The van der Waals surface area contributed by atoms with Crippen LogP contribution in [-0.4, -0.2) is 20.3 Å². The van der Waals surface area contributed by atoms with Crippen molar-refractivity contribution in [2.45, 2.75) is 13.0 Å². The topological polar surface area (TPSA) is 59.3 Å². The first-order valence-corrected chi connectivity index (χ1v) is 8.94. The van der Waals surface area contributed by atoms with Crippen LogP contribution in [0, 0.1) is 5.82 Å². The molecule has 4 aromatic rings. The SMILES string of the molecule is O=C(Cc1csc2nc(-c3ccc(F)cc3)cn12)NCc1cccnc1. The summed E-state index contributed by atoms with van der Waals surface area (Å²) in [5, 5.41) is 4.83. The lowest BCUT2D eigenvalue weighted by Crippen LogP contribution is -2.25. The Labute approximate surface area is 153 Å². The predicted molar refractivity (Wildman–Crippen MR) is 98.3 cm³/mol. The zero-order chi connectivity index (χ0) is 17.9. The van der Waals surface area contributed by atoms with E-state index in [-0.39, 0.29) is 18.1 Å². The summed E-state index contributed by atoms with van der Waals surface area (Å²) >= 11 is 1.48. The number of hydrogen-bond donors (Lipinski definition) is 1. The largest absolute Gasteiger partial charge is 0.352 e. The van der Waals surface area contributed by atoms with Crippen LogP contribution in [0.3, 0.4) is 0 Å². The van der Waals surface area contributed by atoms with Gasteiger partial charge in [-0.3, -0.25) is 14.2 Å². The van der Waals surface area contributed by atoms with Crippen molar-refractivity contribution in [2.75, 3.05) is 0 Å². The molecule has 4 rings (SSSR count). The van der Waals surface area contributed by atoms with Crippen LogP contribution in [0.2, 0.25) is 0 Å². The Balaban J connectivity index is 1.48. The Kier molecular flexibility index (Phi) is 4.45. The van der Waals surface area contributed by atoms with Crippen molar-refractivity contribution >= 4 is 22.2 Å². The highest BCUT2D eigenvalue weighted by Crippen LogP contribution is 2.24. The molecule has 1 aromatic carbocycles. The van der Waals surface area contributed by atoms with Gasteiger partial charge in [0, 0.05) is 41.8 Å². The van der Waals surface area contributed by atoms with Gasteiger partial charge in [-0.05, 0) is 35.9 Å². The normalized spacial score (nSPS) is 11.0. The van der Waals surface area contributed by atoms with Crippen LogP contribution in [0.5, 0.6) is 0 Å². The number of carbonyl (C=O) groups excluding carboxylic acids is 1. The second kappa shape index (κ2) is 7.05. The van der Waals surface area contributed by atoms with Crippen molar-refractivity contribution in [1.29, 1.82) is 0 Å².